The van der Waals surface area contributed by atoms with Crippen molar-refractivity contribution in [3.8, 4) is 0 Å². The van der Waals surface area contributed by atoms with E-state index in [0.717, 1.165) is 50.4 Å². The Balaban J connectivity index is 2.08. The van der Waals surface area contributed by atoms with E-state index in [1.54, 1.807) is 6.08 Å². The van der Waals surface area contributed by atoms with E-state index < -0.39 is 5.97 Å². The Bertz CT molecular complexity index is 448. The second-order valence-electron chi connectivity index (χ2n) is 4.61. The highest BCUT2D eigenvalue weighted by atomic mass is 16.5. The summed E-state index contributed by atoms with van der Waals surface area (Å²) in [5, 5.41) is 8.71. The van der Waals surface area contributed by atoms with E-state index >= 15 is 0 Å². The summed E-state index contributed by atoms with van der Waals surface area (Å²) in [6.07, 6.45) is 3.89. The maximum atomic E-state index is 10.6. The van der Waals surface area contributed by atoms with Crippen LogP contribution in [0.5, 0.6) is 0 Å². The van der Waals surface area contributed by atoms with Crippen LogP contribution in [-0.4, -0.2) is 42.3 Å². The van der Waals surface area contributed by atoms with Crippen LogP contribution in [0.1, 0.15) is 17.5 Å². The summed E-state index contributed by atoms with van der Waals surface area (Å²) in [4.78, 5) is 13.0. The number of ether oxygens (including phenoxy) is 1. The third-order valence-corrected chi connectivity index (χ3v) is 3.17. The number of carbonyl (C=O) groups is 1. The molecule has 4 heteroatoms. The Morgan fingerprint density at radius 1 is 1.32 bits per heavy atom. The van der Waals surface area contributed by atoms with Gasteiger partial charge in [-0.05, 0) is 23.6 Å². The molecule has 0 bridgehead atoms. The summed E-state index contributed by atoms with van der Waals surface area (Å²) in [5.74, 6) is -0.919. The van der Waals surface area contributed by atoms with Gasteiger partial charge in [0.15, 0.2) is 0 Å². The summed E-state index contributed by atoms with van der Waals surface area (Å²) >= 11 is 0. The first kappa shape index (κ1) is 13.8. The zero-order valence-electron chi connectivity index (χ0n) is 10.9. The standard InChI is InChI=1S/C15H19NO3/c17-15(18)7-6-13-4-1-2-5-14(13)12-16-8-3-10-19-11-9-16/h1-2,4-7H,3,8-12H2,(H,17,18). The number of hydrogen-bond acceptors (Lipinski definition) is 3. The number of hydrogen-bond donors (Lipinski definition) is 1. The van der Waals surface area contributed by atoms with E-state index in [1.807, 2.05) is 24.3 Å². The molecule has 0 atom stereocenters. The van der Waals surface area contributed by atoms with Gasteiger partial charge in [0.05, 0.1) is 6.61 Å². The van der Waals surface area contributed by atoms with Crippen LogP contribution < -0.4 is 0 Å². The van der Waals surface area contributed by atoms with Crippen molar-refractivity contribution in [2.75, 3.05) is 26.3 Å². The first-order chi connectivity index (χ1) is 9.25. The molecule has 1 heterocycles. The number of benzene rings is 1. The minimum atomic E-state index is -0.919. The molecule has 1 N–H and O–H groups in total. The highest BCUT2D eigenvalue weighted by Gasteiger charge is 2.10. The lowest BCUT2D eigenvalue weighted by Gasteiger charge is -2.20. The summed E-state index contributed by atoms with van der Waals surface area (Å²) in [7, 11) is 0. The van der Waals surface area contributed by atoms with Gasteiger partial charge in [-0.15, -0.1) is 0 Å². The molecule has 4 nitrogen and oxygen atoms in total. The van der Waals surface area contributed by atoms with E-state index in [0.29, 0.717) is 0 Å². The van der Waals surface area contributed by atoms with Crippen molar-refractivity contribution in [2.24, 2.45) is 0 Å². The number of carboxylic acid groups (broad SMARTS) is 1. The lowest BCUT2D eigenvalue weighted by Crippen LogP contribution is -2.26. The van der Waals surface area contributed by atoms with Gasteiger partial charge in [-0.1, -0.05) is 24.3 Å². The van der Waals surface area contributed by atoms with E-state index in [2.05, 4.69) is 4.90 Å². The smallest absolute Gasteiger partial charge is 0.328 e. The summed E-state index contributed by atoms with van der Waals surface area (Å²) in [5.41, 5.74) is 2.12. The molecule has 0 aliphatic carbocycles. The molecule has 0 amide bonds. The van der Waals surface area contributed by atoms with Gasteiger partial charge in [0.2, 0.25) is 0 Å². The predicted molar refractivity (Wildman–Crippen MR) is 73.8 cm³/mol. The molecule has 0 saturated carbocycles. The van der Waals surface area contributed by atoms with Gasteiger partial charge in [0.1, 0.15) is 0 Å². The number of rotatable bonds is 4. The fraction of sp³-hybridized carbons (Fsp3) is 0.400. The third kappa shape index (κ3) is 4.50. The fourth-order valence-corrected chi connectivity index (χ4v) is 2.20. The van der Waals surface area contributed by atoms with Crippen molar-refractivity contribution >= 4 is 12.0 Å². The lowest BCUT2D eigenvalue weighted by atomic mass is 10.1. The van der Waals surface area contributed by atoms with E-state index in [1.165, 1.54) is 6.08 Å². The number of aliphatic carboxylic acids is 1. The zero-order chi connectivity index (χ0) is 13.5. The fourth-order valence-electron chi connectivity index (χ4n) is 2.20. The molecule has 1 fully saturated rings. The maximum Gasteiger partial charge on any atom is 0.328 e. The van der Waals surface area contributed by atoms with Crippen molar-refractivity contribution in [3.05, 3.63) is 41.5 Å². The molecule has 1 aromatic carbocycles. The number of carboxylic acids is 1. The van der Waals surface area contributed by atoms with Crippen LogP contribution in [0.25, 0.3) is 6.08 Å². The first-order valence-electron chi connectivity index (χ1n) is 6.55. The minimum absolute atomic E-state index is 0.771. The minimum Gasteiger partial charge on any atom is -0.478 e. The molecule has 1 aliphatic rings. The van der Waals surface area contributed by atoms with Crippen LogP contribution >= 0.6 is 0 Å². The molecule has 1 aromatic rings. The molecule has 19 heavy (non-hydrogen) atoms. The van der Waals surface area contributed by atoms with Crippen LogP contribution in [-0.2, 0) is 16.1 Å². The number of nitrogens with zero attached hydrogens (tertiary/aromatic N) is 1. The van der Waals surface area contributed by atoms with Gasteiger partial charge >= 0.3 is 5.97 Å². The van der Waals surface area contributed by atoms with Crippen LogP contribution in [0.15, 0.2) is 30.3 Å². The molecule has 0 unspecified atom stereocenters. The highest BCUT2D eigenvalue weighted by Crippen LogP contribution is 2.14. The molecule has 1 aliphatic heterocycles. The average Bonchev–Trinajstić information content (AvgIpc) is 2.66. The Morgan fingerprint density at radius 2 is 2.16 bits per heavy atom. The van der Waals surface area contributed by atoms with Gasteiger partial charge in [-0.2, -0.15) is 0 Å². The second-order valence-corrected chi connectivity index (χ2v) is 4.61. The predicted octanol–water partition coefficient (Wildman–Crippen LogP) is 2.01. The zero-order valence-corrected chi connectivity index (χ0v) is 10.9. The van der Waals surface area contributed by atoms with E-state index in [9.17, 15) is 4.79 Å². The highest BCUT2D eigenvalue weighted by molar-refractivity contribution is 5.85. The summed E-state index contributed by atoms with van der Waals surface area (Å²) in [6.45, 7) is 4.39. The van der Waals surface area contributed by atoms with Crippen molar-refractivity contribution < 1.29 is 14.6 Å². The van der Waals surface area contributed by atoms with Gasteiger partial charge in [0.25, 0.3) is 0 Å². The molecular weight excluding hydrogens is 242 g/mol. The SMILES string of the molecule is O=C(O)C=Cc1ccccc1CN1CCCOCC1. The average molecular weight is 261 g/mol. The second kappa shape index (κ2) is 7.07. The molecule has 0 aromatic heterocycles. The largest absolute Gasteiger partial charge is 0.478 e. The Labute approximate surface area is 113 Å². The van der Waals surface area contributed by atoms with Gasteiger partial charge < -0.3 is 9.84 Å². The van der Waals surface area contributed by atoms with Crippen molar-refractivity contribution in [1.29, 1.82) is 0 Å². The van der Waals surface area contributed by atoms with E-state index in [-0.39, 0.29) is 0 Å². The Hall–Kier alpha value is -1.65. The lowest BCUT2D eigenvalue weighted by molar-refractivity contribution is -0.131. The van der Waals surface area contributed by atoms with Crippen LogP contribution in [0.2, 0.25) is 0 Å². The van der Waals surface area contributed by atoms with Crippen LogP contribution in [0.3, 0.4) is 0 Å². The first-order valence-corrected chi connectivity index (χ1v) is 6.55. The molecule has 0 spiro atoms. The van der Waals surface area contributed by atoms with Gasteiger partial charge in [-0.3, -0.25) is 4.90 Å². The van der Waals surface area contributed by atoms with Crippen LogP contribution in [0, 0.1) is 0 Å². The monoisotopic (exact) mass is 261 g/mol. The normalized spacial score (nSPS) is 17.5. The van der Waals surface area contributed by atoms with Gasteiger partial charge in [-0.25, -0.2) is 4.79 Å². The third-order valence-electron chi connectivity index (χ3n) is 3.17. The van der Waals surface area contributed by atoms with E-state index in [4.69, 9.17) is 9.84 Å². The topological polar surface area (TPSA) is 49.8 Å². The molecule has 0 radical (unpaired) electrons. The summed E-state index contributed by atoms with van der Waals surface area (Å²) in [6, 6.07) is 7.91. The molecule has 2 rings (SSSR count). The molecule has 1 saturated heterocycles. The Kier molecular flexibility index (Phi) is 5.12. The quantitative estimate of drug-likeness (QED) is 0.842. The summed E-state index contributed by atoms with van der Waals surface area (Å²) < 4.78 is 5.44. The van der Waals surface area contributed by atoms with Crippen molar-refractivity contribution in [2.45, 2.75) is 13.0 Å². The Morgan fingerprint density at radius 3 is 3.00 bits per heavy atom. The van der Waals surface area contributed by atoms with Crippen LogP contribution in [0.4, 0.5) is 0 Å². The van der Waals surface area contributed by atoms with Gasteiger partial charge in [0, 0.05) is 32.3 Å². The van der Waals surface area contributed by atoms with Crippen molar-refractivity contribution in [1.82, 2.24) is 4.90 Å². The maximum absolute atomic E-state index is 10.6. The van der Waals surface area contributed by atoms with Crippen molar-refractivity contribution in [3.63, 3.8) is 0 Å². The molecule has 102 valence electrons. The molecular formula is C15H19NO3.